The first-order valence-corrected chi connectivity index (χ1v) is 6.31. The van der Waals surface area contributed by atoms with Crippen molar-refractivity contribution in [2.75, 3.05) is 5.32 Å². The van der Waals surface area contributed by atoms with Crippen LogP contribution in [0.2, 0.25) is 0 Å². The van der Waals surface area contributed by atoms with Crippen molar-refractivity contribution < 1.29 is 13.7 Å². The van der Waals surface area contributed by atoms with Gasteiger partial charge >= 0.3 is 0 Å². The summed E-state index contributed by atoms with van der Waals surface area (Å²) in [5.41, 5.74) is 1.42. The maximum atomic E-state index is 13.1. The zero-order valence-electron chi connectivity index (χ0n) is 10.9. The lowest BCUT2D eigenvalue weighted by Crippen LogP contribution is -2.12. The van der Waals surface area contributed by atoms with Gasteiger partial charge in [-0.3, -0.25) is 4.79 Å². The van der Waals surface area contributed by atoms with Crippen LogP contribution in [0.3, 0.4) is 0 Å². The van der Waals surface area contributed by atoms with Crippen LogP contribution in [0, 0.1) is 5.82 Å². The Kier molecular flexibility index (Phi) is 3.47. The highest BCUT2D eigenvalue weighted by atomic mass is 19.1. The van der Waals surface area contributed by atoms with Crippen LogP contribution in [-0.4, -0.2) is 11.1 Å². The first kappa shape index (κ1) is 13.1. The van der Waals surface area contributed by atoms with E-state index in [9.17, 15) is 9.18 Å². The highest BCUT2D eigenvalue weighted by molar-refractivity contribution is 6.07. The average Bonchev–Trinajstić information content (AvgIpc) is 2.98. The number of nitrogens with one attached hydrogen (secondary N) is 1. The van der Waals surface area contributed by atoms with Gasteiger partial charge in [-0.1, -0.05) is 41.6 Å². The number of hydrogen-bond acceptors (Lipinski definition) is 3. The molecule has 0 aliphatic heterocycles. The minimum atomic E-state index is -0.415. The Morgan fingerprint density at radius 3 is 2.67 bits per heavy atom. The Morgan fingerprint density at radius 2 is 1.90 bits per heavy atom. The van der Waals surface area contributed by atoms with Crippen molar-refractivity contribution in [1.29, 1.82) is 0 Å². The molecule has 1 heterocycles. The monoisotopic (exact) mass is 282 g/mol. The van der Waals surface area contributed by atoms with Gasteiger partial charge in [-0.05, 0) is 18.2 Å². The maximum Gasteiger partial charge on any atom is 0.261 e. The second-order valence-electron chi connectivity index (χ2n) is 4.40. The van der Waals surface area contributed by atoms with Gasteiger partial charge in [-0.15, -0.1) is 0 Å². The molecule has 1 amide bonds. The van der Waals surface area contributed by atoms with Crippen molar-refractivity contribution in [2.45, 2.75) is 0 Å². The van der Waals surface area contributed by atoms with E-state index >= 15 is 0 Å². The molecule has 21 heavy (non-hydrogen) atoms. The van der Waals surface area contributed by atoms with Crippen molar-refractivity contribution in [3.8, 4) is 11.3 Å². The second-order valence-corrected chi connectivity index (χ2v) is 4.40. The van der Waals surface area contributed by atoms with Gasteiger partial charge in [0.15, 0.2) is 5.76 Å². The molecule has 1 N–H and O–H groups in total. The molecule has 3 rings (SSSR count). The number of carbonyl (C=O) groups excluding carboxylic acids is 1. The summed E-state index contributed by atoms with van der Waals surface area (Å²) in [7, 11) is 0. The fourth-order valence-corrected chi connectivity index (χ4v) is 1.96. The topological polar surface area (TPSA) is 55.1 Å². The van der Waals surface area contributed by atoms with Crippen LogP contribution >= 0.6 is 0 Å². The molecule has 4 nitrogen and oxygen atoms in total. The molecule has 5 heteroatoms. The van der Waals surface area contributed by atoms with E-state index < -0.39 is 11.7 Å². The second kappa shape index (κ2) is 5.58. The number of halogens is 1. The van der Waals surface area contributed by atoms with E-state index in [1.165, 1.54) is 24.4 Å². The van der Waals surface area contributed by atoms with Crippen molar-refractivity contribution in [3.05, 3.63) is 72.2 Å². The first-order chi connectivity index (χ1) is 10.2. The highest BCUT2D eigenvalue weighted by Crippen LogP contribution is 2.24. The lowest BCUT2D eigenvalue weighted by atomic mass is 10.1. The van der Waals surface area contributed by atoms with E-state index in [-0.39, 0.29) is 0 Å². The van der Waals surface area contributed by atoms with Crippen LogP contribution in [0.4, 0.5) is 10.1 Å². The summed E-state index contributed by atoms with van der Waals surface area (Å²) in [5, 5.41) is 6.29. The summed E-state index contributed by atoms with van der Waals surface area (Å²) >= 11 is 0. The van der Waals surface area contributed by atoms with E-state index in [0.29, 0.717) is 17.0 Å². The molecule has 0 saturated heterocycles. The van der Waals surface area contributed by atoms with E-state index in [0.717, 1.165) is 5.56 Å². The van der Waals surface area contributed by atoms with Crippen molar-refractivity contribution in [1.82, 2.24) is 5.16 Å². The van der Waals surface area contributed by atoms with Gasteiger partial charge in [0.05, 0.1) is 6.20 Å². The number of anilines is 1. The molecule has 0 fully saturated rings. The minimum Gasteiger partial charge on any atom is -0.355 e. The molecular formula is C16H11FN2O2. The molecule has 1 aromatic heterocycles. The molecule has 0 aliphatic carbocycles. The van der Waals surface area contributed by atoms with Gasteiger partial charge in [0.25, 0.3) is 5.91 Å². The third-order valence-corrected chi connectivity index (χ3v) is 2.93. The summed E-state index contributed by atoms with van der Waals surface area (Å²) < 4.78 is 18.3. The third kappa shape index (κ3) is 2.81. The van der Waals surface area contributed by atoms with Crippen LogP contribution in [-0.2, 0) is 0 Å². The quantitative estimate of drug-likeness (QED) is 0.796. The number of amides is 1. The Hall–Kier alpha value is -2.95. The van der Waals surface area contributed by atoms with Crippen molar-refractivity contribution >= 4 is 11.6 Å². The van der Waals surface area contributed by atoms with Gasteiger partial charge < -0.3 is 9.84 Å². The zero-order valence-corrected chi connectivity index (χ0v) is 10.9. The standard InChI is InChI=1S/C16H11FN2O2/c17-12-7-4-8-13(9-12)19-16(20)14-10-18-21-15(14)11-5-2-1-3-6-11/h1-10H,(H,19,20). The summed E-state index contributed by atoms with van der Waals surface area (Å²) in [6.07, 6.45) is 1.34. The van der Waals surface area contributed by atoms with Gasteiger partial charge in [0.1, 0.15) is 11.4 Å². The summed E-state index contributed by atoms with van der Waals surface area (Å²) in [6.45, 7) is 0. The number of nitrogens with zero attached hydrogens (tertiary/aromatic N) is 1. The molecule has 2 aromatic carbocycles. The fraction of sp³-hybridized carbons (Fsp3) is 0. The fourth-order valence-electron chi connectivity index (χ4n) is 1.96. The number of carbonyl (C=O) groups is 1. The number of hydrogen-bond donors (Lipinski definition) is 1. The predicted octanol–water partition coefficient (Wildman–Crippen LogP) is 3.73. The van der Waals surface area contributed by atoms with Crippen LogP contribution < -0.4 is 5.32 Å². The van der Waals surface area contributed by atoms with E-state index in [1.807, 2.05) is 30.3 Å². The molecule has 0 unspecified atom stereocenters. The molecule has 0 aliphatic rings. The predicted molar refractivity (Wildman–Crippen MR) is 76.3 cm³/mol. The van der Waals surface area contributed by atoms with E-state index in [2.05, 4.69) is 10.5 Å². The smallest absolute Gasteiger partial charge is 0.261 e. The average molecular weight is 282 g/mol. The Bertz CT molecular complexity index is 769. The third-order valence-electron chi connectivity index (χ3n) is 2.93. The molecule has 104 valence electrons. The molecular weight excluding hydrogens is 271 g/mol. The summed E-state index contributed by atoms with van der Waals surface area (Å²) in [6, 6.07) is 14.9. The van der Waals surface area contributed by atoms with Crippen molar-refractivity contribution in [3.63, 3.8) is 0 Å². The molecule has 0 bridgehead atoms. The molecule has 3 aromatic rings. The number of benzene rings is 2. The molecule has 0 saturated carbocycles. The van der Waals surface area contributed by atoms with Gasteiger partial charge in [0, 0.05) is 11.3 Å². The van der Waals surface area contributed by atoms with Crippen LogP contribution in [0.25, 0.3) is 11.3 Å². The summed E-state index contributed by atoms with van der Waals surface area (Å²) in [5.74, 6) is -0.438. The Labute approximate surface area is 120 Å². The van der Waals surface area contributed by atoms with E-state index in [1.54, 1.807) is 6.07 Å². The molecule has 0 spiro atoms. The maximum absolute atomic E-state index is 13.1. The SMILES string of the molecule is O=C(Nc1cccc(F)c1)c1cnoc1-c1ccccc1. The van der Waals surface area contributed by atoms with Gasteiger partial charge in [-0.2, -0.15) is 0 Å². The minimum absolute atomic E-state index is 0.297. The van der Waals surface area contributed by atoms with Crippen LogP contribution in [0.5, 0.6) is 0 Å². The largest absolute Gasteiger partial charge is 0.355 e. The highest BCUT2D eigenvalue weighted by Gasteiger charge is 2.17. The molecule has 0 atom stereocenters. The number of rotatable bonds is 3. The first-order valence-electron chi connectivity index (χ1n) is 6.31. The normalized spacial score (nSPS) is 10.3. The van der Waals surface area contributed by atoms with Crippen LogP contribution in [0.1, 0.15) is 10.4 Å². The van der Waals surface area contributed by atoms with Gasteiger partial charge in [-0.25, -0.2) is 4.39 Å². The van der Waals surface area contributed by atoms with Crippen molar-refractivity contribution in [2.24, 2.45) is 0 Å². The Balaban J connectivity index is 1.88. The zero-order chi connectivity index (χ0) is 14.7. The van der Waals surface area contributed by atoms with Crippen LogP contribution in [0.15, 0.2) is 65.3 Å². The van der Waals surface area contributed by atoms with E-state index in [4.69, 9.17) is 4.52 Å². The summed E-state index contributed by atoms with van der Waals surface area (Å²) in [4.78, 5) is 12.2. The lowest BCUT2D eigenvalue weighted by Gasteiger charge is -2.04. The lowest BCUT2D eigenvalue weighted by molar-refractivity contribution is 0.102. The number of aromatic nitrogens is 1. The van der Waals surface area contributed by atoms with Gasteiger partial charge in [0.2, 0.25) is 0 Å². The molecule has 0 radical (unpaired) electrons. The Morgan fingerprint density at radius 1 is 1.10 bits per heavy atom.